The minimum absolute atomic E-state index is 0.189. The molecule has 0 aliphatic heterocycles. The van der Waals surface area contributed by atoms with Crippen molar-refractivity contribution in [2.75, 3.05) is 5.32 Å². The van der Waals surface area contributed by atoms with Crippen LogP contribution in [0.2, 0.25) is 0 Å². The van der Waals surface area contributed by atoms with Gasteiger partial charge in [-0.2, -0.15) is 0 Å². The highest BCUT2D eigenvalue weighted by Gasteiger charge is 2.23. The van der Waals surface area contributed by atoms with E-state index < -0.39 is 4.92 Å². The quantitative estimate of drug-likeness (QED) is 0.497. The standard InChI is InChI=1S/C21H20N2O4/c1-14(2)21(24)22-20-17-11-7-6-10-16(17)19(12-18(20)23(25)26)27-13-15-8-4-3-5-9-15/h3-12,14H,13H2,1-2H3,(H,22,24). The first-order valence-corrected chi connectivity index (χ1v) is 8.65. The predicted molar refractivity (Wildman–Crippen MR) is 105 cm³/mol. The highest BCUT2D eigenvalue weighted by molar-refractivity contribution is 6.08. The van der Waals surface area contributed by atoms with Crippen LogP contribution >= 0.6 is 0 Å². The van der Waals surface area contributed by atoms with Crippen molar-refractivity contribution in [2.24, 2.45) is 5.92 Å². The third-order valence-electron chi connectivity index (χ3n) is 4.19. The number of nitro benzene ring substituents is 1. The Balaban J connectivity index is 2.07. The van der Waals surface area contributed by atoms with E-state index in [2.05, 4.69) is 5.32 Å². The van der Waals surface area contributed by atoms with Gasteiger partial charge in [-0.15, -0.1) is 0 Å². The normalized spacial score (nSPS) is 10.8. The van der Waals surface area contributed by atoms with Crippen molar-refractivity contribution in [3.8, 4) is 5.75 Å². The van der Waals surface area contributed by atoms with Crippen molar-refractivity contribution in [2.45, 2.75) is 20.5 Å². The zero-order valence-electron chi connectivity index (χ0n) is 15.1. The van der Waals surface area contributed by atoms with Gasteiger partial charge in [-0.05, 0) is 5.56 Å². The number of nitrogens with zero attached hydrogens (tertiary/aromatic N) is 1. The average molecular weight is 364 g/mol. The van der Waals surface area contributed by atoms with Gasteiger partial charge in [-0.1, -0.05) is 68.4 Å². The van der Waals surface area contributed by atoms with E-state index in [-0.39, 0.29) is 23.2 Å². The van der Waals surface area contributed by atoms with Gasteiger partial charge in [0.05, 0.1) is 11.0 Å². The summed E-state index contributed by atoms with van der Waals surface area (Å²) in [5, 5.41) is 15.6. The van der Waals surface area contributed by atoms with Crippen LogP contribution in [0.4, 0.5) is 11.4 Å². The monoisotopic (exact) mass is 364 g/mol. The highest BCUT2D eigenvalue weighted by Crippen LogP contribution is 2.40. The third kappa shape index (κ3) is 4.06. The van der Waals surface area contributed by atoms with E-state index in [1.807, 2.05) is 42.5 Å². The summed E-state index contributed by atoms with van der Waals surface area (Å²) in [5.41, 5.74) is 0.966. The molecule has 138 valence electrons. The molecule has 3 aromatic rings. The Morgan fingerprint density at radius 1 is 1.07 bits per heavy atom. The first-order chi connectivity index (χ1) is 13.0. The second-order valence-corrected chi connectivity index (χ2v) is 6.49. The molecule has 0 heterocycles. The van der Waals surface area contributed by atoms with Crippen molar-refractivity contribution in [1.29, 1.82) is 0 Å². The zero-order chi connectivity index (χ0) is 19.4. The fourth-order valence-electron chi connectivity index (χ4n) is 2.73. The summed E-state index contributed by atoms with van der Waals surface area (Å²) in [6, 6.07) is 18.1. The number of rotatable bonds is 6. The number of hydrogen-bond donors (Lipinski definition) is 1. The van der Waals surface area contributed by atoms with Gasteiger partial charge in [0, 0.05) is 16.7 Å². The van der Waals surface area contributed by atoms with Crippen LogP contribution in [0.1, 0.15) is 19.4 Å². The van der Waals surface area contributed by atoms with E-state index in [0.717, 1.165) is 5.56 Å². The molecule has 6 nitrogen and oxygen atoms in total. The van der Waals surface area contributed by atoms with Gasteiger partial charge in [0.15, 0.2) is 0 Å². The highest BCUT2D eigenvalue weighted by atomic mass is 16.6. The van der Waals surface area contributed by atoms with E-state index in [0.29, 0.717) is 23.1 Å². The number of nitrogens with one attached hydrogen (secondary N) is 1. The molecule has 0 saturated carbocycles. The zero-order valence-corrected chi connectivity index (χ0v) is 15.1. The summed E-state index contributed by atoms with van der Waals surface area (Å²) < 4.78 is 5.89. The van der Waals surface area contributed by atoms with Gasteiger partial charge < -0.3 is 10.1 Å². The molecule has 0 fully saturated rings. The van der Waals surface area contributed by atoms with Crippen molar-refractivity contribution >= 4 is 28.1 Å². The van der Waals surface area contributed by atoms with E-state index >= 15 is 0 Å². The van der Waals surface area contributed by atoms with Crippen LogP contribution in [0, 0.1) is 16.0 Å². The van der Waals surface area contributed by atoms with Crippen molar-refractivity contribution in [3.63, 3.8) is 0 Å². The Hall–Kier alpha value is -3.41. The van der Waals surface area contributed by atoms with Crippen LogP contribution in [-0.4, -0.2) is 10.8 Å². The summed E-state index contributed by atoms with van der Waals surface area (Å²) in [4.78, 5) is 23.3. The van der Waals surface area contributed by atoms with E-state index in [1.54, 1.807) is 26.0 Å². The number of ether oxygens (including phenoxy) is 1. The molecule has 0 bridgehead atoms. The first kappa shape index (κ1) is 18.4. The Bertz CT molecular complexity index is 984. The number of fused-ring (bicyclic) bond motifs is 1. The second-order valence-electron chi connectivity index (χ2n) is 6.49. The number of anilines is 1. The largest absolute Gasteiger partial charge is 0.488 e. The molecule has 0 aromatic heterocycles. The molecule has 27 heavy (non-hydrogen) atoms. The molecule has 1 N–H and O–H groups in total. The van der Waals surface area contributed by atoms with E-state index in [9.17, 15) is 14.9 Å². The molecule has 0 unspecified atom stereocenters. The SMILES string of the molecule is CC(C)C(=O)Nc1c([N+](=O)[O-])cc(OCc2ccccc2)c2ccccc12. The van der Waals surface area contributed by atoms with Crippen molar-refractivity contribution in [3.05, 3.63) is 76.3 Å². The van der Waals surface area contributed by atoms with Gasteiger partial charge in [-0.25, -0.2) is 0 Å². The summed E-state index contributed by atoms with van der Waals surface area (Å²) >= 11 is 0. The molecule has 0 spiro atoms. The van der Waals surface area contributed by atoms with Crippen LogP contribution < -0.4 is 10.1 Å². The smallest absolute Gasteiger partial charge is 0.297 e. The fourth-order valence-corrected chi connectivity index (χ4v) is 2.73. The number of amides is 1. The van der Waals surface area contributed by atoms with Gasteiger partial charge in [0.1, 0.15) is 18.0 Å². The summed E-state index contributed by atoms with van der Waals surface area (Å²) in [6.07, 6.45) is 0. The number of nitro groups is 1. The maximum atomic E-state index is 12.2. The maximum Gasteiger partial charge on any atom is 0.297 e. The van der Waals surface area contributed by atoms with Gasteiger partial charge in [-0.3, -0.25) is 14.9 Å². The minimum Gasteiger partial charge on any atom is -0.488 e. The summed E-state index contributed by atoms with van der Waals surface area (Å²) in [5.74, 6) is -0.165. The van der Waals surface area contributed by atoms with Crippen molar-refractivity contribution < 1.29 is 14.5 Å². The number of carbonyl (C=O) groups is 1. The molecule has 3 aromatic carbocycles. The van der Waals surface area contributed by atoms with Gasteiger partial charge in [0.2, 0.25) is 5.91 Å². The molecular formula is C21H20N2O4. The average Bonchev–Trinajstić information content (AvgIpc) is 2.67. The lowest BCUT2D eigenvalue weighted by Gasteiger charge is -2.15. The van der Waals surface area contributed by atoms with Crippen LogP contribution in [0.15, 0.2) is 60.7 Å². The fraction of sp³-hybridized carbons (Fsp3) is 0.190. The molecular weight excluding hydrogens is 344 g/mol. The number of benzene rings is 3. The molecule has 1 amide bonds. The Morgan fingerprint density at radius 2 is 1.70 bits per heavy atom. The Labute approximate surface area is 156 Å². The van der Waals surface area contributed by atoms with E-state index in [4.69, 9.17) is 4.74 Å². The van der Waals surface area contributed by atoms with E-state index in [1.165, 1.54) is 6.07 Å². The Morgan fingerprint density at radius 3 is 2.33 bits per heavy atom. The van der Waals surface area contributed by atoms with Crippen LogP contribution in [0.5, 0.6) is 5.75 Å². The summed E-state index contributed by atoms with van der Waals surface area (Å²) in [7, 11) is 0. The van der Waals surface area contributed by atoms with Crippen LogP contribution in [-0.2, 0) is 11.4 Å². The molecule has 0 saturated heterocycles. The lowest BCUT2D eigenvalue weighted by atomic mass is 10.0. The third-order valence-corrected chi connectivity index (χ3v) is 4.19. The van der Waals surface area contributed by atoms with Gasteiger partial charge >= 0.3 is 0 Å². The van der Waals surface area contributed by atoms with Crippen LogP contribution in [0.25, 0.3) is 10.8 Å². The molecule has 0 radical (unpaired) electrons. The molecule has 0 aliphatic rings. The molecule has 0 atom stereocenters. The predicted octanol–water partition coefficient (Wildman–Crippen LogP) is 4.92. The lowest BCUT2D eigenvalue weighted by molar-refractivity contribution is -0.383. The molecule has 3 rings (SSSR count). The minimum atomic E-state index is -0.502. The second kappa shape index (κ2) is 7.86. The first-order valence-electron chi connectivity index (χ1n) is 8.65. The summed E-state index contributed by atoms with van der Waals surface area (Å²) in [6.45, 7) is 3.76. The van der Waals surface area contributed by atoms with Crippen molar-refractivity contribution in [1.82, 2.24) is 0 Å². The maximum absolute atomic E-state index is 12.2. The van der Waals surface area contributed by atoms with Crippen LogP contribution in [0.3, 0.4) is 0 Å². The molecule has 0 aliphatic carbocycles. The Kier molecular flexibility index (Phi) is 5.35. The number of carbonyl (C=O) groups excluding carboxylic acids is 1. The lowest BCUT2D eigenvalue weighted by Crippen LogP contribution is -2.18. The molecule has 6 heteroatoms. The van der Waals surface area contributed by atoms with Gasteiger partial charge in [0.25, 0.3) is 5.69 Å². The topological polar surface area (TPSA) is 81.5 Å². The number of hydrogen-bond acceptors (Lipinski definition) is 4.